The van der Waals surface area contributed by atoms with Crippen LogP contribution in [-0.2, 0) is 4.74 Å². The van der Waals surface area contributed by atoms with Gasteiger partial charge in [0.25, 0.3) is 0 Å². The first kappa shape index (κ1) is 12.0. The van der Waals surface area contributed by atoms with Crippen molar-refractivity contribution in [3.8, 4) is 5.75 Å². The minimum Gasteiger partial charge on any atom is -0.507 e. The van der Waals surface area contributed by atoms with Gasteiger partial charge in [0.05, 0.1) is 13.2 Å². The molecular formula is C10H11BrO4. The summed E-state index contributed by atoms with van der Waals surface area (Å²) in [6.45, 7) is 0. The molecular weight excluding hydrogens is 264 g/mol. The Hall–Kier alpha value is -1.07. The Labute approximate surface area is 95.6 Å². The molecule has 2 N–H and O–H groups in total. The Morgan fingerprint density at radius 1 is 1.60 bits per heavy atom. The van der Waals surface area contributed by atoms with Gasteiger partial charge in [-0.1, -0.05) is 22.0 Å². The summed E-state index contributed by atoms with van der Waals surface area (Å²) in [5.74, 6) is -0.788. The highest BCUT2D eigenvalue weighted by molar-refractivity contribution is 9.09. The van der Waals surface area contributed by atoms with Crippen LogP contribution in [0.4, 0.5) is 0 Å². The first-order chi connectivity index (χ1) is 7.10. The number of carbonyl (C=O) groups is 1. The molecule has 0 aliphatic carbocycles. The quantitative estimate of drug-likeness (QED) is 0.649. The van der Waals surface area contributed by atoms with Crippen molar-refractivity contribution in [3.63, 3.8) is 0 Å². The van der Waals surface area contributed by atoms with Crippen molar-refractivity contribution in [3.05, 3.63) is 29.3 Å². The van der Waals surface area contributed by atoms with Crippen molar-refractivity contribution in [1.82, 2.24) is 0 Å². The van der Waals surface area contributed by atoms with Crippen LogP contribution in [0, 0.1) is 0 Å². The fourth-order valence-electron chi connectivity index (χ4n) is 1.12. The van der Waals surface area contributed by atoms with E-state index in [1.54, 1.807) is 6.07 Å². The lowest BCUT2D eigenvalue weighted by Gasteiger charge is -2.09. The van der Waals surface area contributed by atoms with Crippen molar-refractivity contribution < 1.29 is 19.7 Å². The van der Waals surface area contributed by atoms with Gasteiger partial charge in [0.1, 0.15) is 11.3 Å². The van der Waals surface area contributed by atoms with Gasteiger partial charge < -0.3 is 14.9 Å². The highest BCUT2D eigenvalue weighted by Crippen LogP contribution is 2.23. The SMILES string of the molecule is COC(=O)c1cc([C@H](O)CBr)ccc1O. The number of aliphatic hydroxyl groups is 1. The van der Waals surface area contributed by atoms with Crippen molar-refractivity contribution in [2.45, 2.75) is 6.10 Å². The van der Waals surface area contributed by atoms with E-state index in [4.69, 9.17) is 0 Å². The maximum atomic E-state index is 11.2. The van der Waals surface area contributed by atoms with Crippen LogP contribution in [0.15, 0.2) is 18.2 Å². The zero-order chi connectivity index (χ0) is 11.4. The highest BCUT2D eigenvalue weighted by atomic mass is 79.9. The first-order valence-electron chi connectivity index (χ1n) is 4.25. The number of halogens is 1. The van der Waals surface area contributed by atoms with Gasteiger partial charge in [-0.15, -0.1) is 0 Å². The summed E-state index contributed by atoms with van der Waals surface area (Å²) >= 11 is 3.12. The molecule has 1 rings (SSSR count). The van der Waals surface area contributed by atoms with Gasteiger partial charge >= 0.3 is 5.97 Å². The third kappa shape index (κ3) is 2.70. The molecule has 0 saturated heterocycles. The number of aliphatic hydroxyl groups excluding tert-OH is 1. The number of hydrogen-bond acceptors (Lipinski definition) is 4. The molecule has 82 valence electrons. The molecule has 0 radical (unpaired) electrons. The summed E-state index contributed by atoms with van der Waals surface area (Å²) in [6.07, 6.45) is -0.714. The molecule has 0 aliphatic rings. The number of hydrogen-bond donors (Lipinski definition) is 2. The zero-order valence-electron chi connectivity index (χ0n) is 8.11. The Morgan fingerprint density at radius 2 is 2.27 bits per heavy atom. The molecule has 0 spiro atoms. The van der Waals surface area contributed by atoms with Crippen LogP contribution in [-0.4, -0.2) is 28.6 Å². The van der Waals surface area contributed by atoms with E-state index in [2.05, 4.69) is 20.7 Å². The third-order valence-electron chi connectivity index (χ3n) is 1.96. The summed E-state index contributed by atoms with van der Waals surface area (Å²) < 4.78 is 4.49. The number of esters is 1. The van der Waals surface area contributed by atoms with Crippen molar-refractivity contribution in [2.75, 3.05) is 12.4 Å². The van der Waals surface area contributed by atoms with E-state index >= 15 is 0 Å². The maximum Gasteiger partial charge on any atom is 0.341 e. The molecule has 15 heavy (non-hydrogen) atoms. The van der Waals surface area contributed by atoms with Gasteiger partial charge in [0, 0.05) is 5.33 Å². The summed E-state index contributed by atoms with van der Waals surface area (Å²) in [5, 5.41) is 19.3. The molecule has 0 bridgehead atoms. The van der Waals surface area contributed by atoms with E-state index in [9.17, 15) is 15.0 Å². The number of alkyl halides is 1. The van der Waals surface area contributed by atoms with Gasteiger partial charge in [-0.3, -0.25) is 0 Å². The van der Waals surface area contributed by atoms with Gasteiger partial charge in [-0.05, 0) is 17.7 Å². The van der Waals surface area contributed by atoms with E-state index in [0.717, 1.165) is 0 Å². The number of rotatable bonds is 3. The fraction of sp³-hybridized carbons (Fsp3) is 0.300. The molecule has 1 aromatic rings. The molecule has 5 heteroatoms. The molecule has 0 unspecified atom stereocenters. The van der Waals surface area contributed by atoms with Crippen LogP contribution >= 0.6 is 15.9 Å². The number of phenols is 1. The van der Waals surface area contributed by atoms with Crippen molar-refractivity contribution >= 4 is 21.9 Å². The average Bonchev–Trinajstić information content (AvgIpc) is 2.27. The Balaban J connectivity index is 3.10. The first-order valence-corrected chi connectivity index (χ1v) is 5.37. The lowest BCUT2D eigenvalue weighted by atomic mass is 10.1. The molecule has 1 atom stereocenters. The molecule has 0 saturated carbocycles. The van der Waals surface area contributed by atoms with Gasteiger partial charge in [0.15, 0.2) is 0 Å². The fourth-order valence-corrected chi connectivity index (χ4v) is 1.50. The maximum absolute atomic E-state index is 11.2. The number of methoxy groups -OCH3 is 1. The summed E-state index contributed by atoms with van der Waals surface area (Å²) in [5.41, 5.74) is 0.597. The number of phenolic OH excluding ortho intramolecular Hbond substituents is 1. The Morgan fingerprint density at radius 3 is 2.80 bits per heavy atom. The van der Waals surface area contributed by atoms with Gasteiger partial charge in [0.2, 0.25) is 0 Å². The minimum absolute atomic E-state index is 0.0509. The van der Waals surface area contributed by atoms with Crippen LogP contribution in [0.25, 0.3) is 0 Å². The second kappa shape index (κ2) is 5.14. The molecule has 0 heterocycles. The summed E-state index contributed by atoms with van der Waals surface area (Å²) in [6, 6.07) is 4.31. The zero-order valence-corrected chi connectivity index (χ0v) is 9.69. The Kier molecular flexibility index (Phi) is 4.11. The van der Waals surface area contributed by atoms with Crippen LogP contribution < -0.4 is 0 Å². The van der Waals surface area contributed by atoms with E-state index in [0.29, 0.717) is 10.9 Å². The van der Waals surface area contributed by atoms with Crippen molar-refractivity contribution in [2.24, 2.45) is 0 Å². The number of carbonyl (C=O) groups excluding carboxylic acids is 1. The predicted octanol–water partition coefficient (Wildman–Crippen LogP) is 1.61. The second-order valence-corrected chi connectivity index (χ2v) is 3.59. The second-order valence-electron chi connectivity index (χ2n) is 2.94. The molecule has 1 aromatic carbocycles. The standard InChI is InChI=1S/C10H11BrO4/c1-15-10(14)7-4-6(9(13)5-11)2-3-8(7)12/h2-4,9,12-13H,5H2,1H3/t9-/m1/s1. The lowest BCUT2D eigenvalue weighted by Crippen LogP contribution is -2.05. The van der Waals surface area contributed by atoms with Crippen LogP contribution in [0.5, 0.6) is 5.75 Å². The monoisotopic (exact) mass is 274 g/mol. The van der Waals surface area contributed by atoms with E-state index in [1.165, 1.54) is 19.2 Å². The largest absolute Gasteiger partial charge is 0.507 e. The van der Waals surface area contributed by atoms with E-state index in [-0.39, 0.29) is 11.3 Å². The summed E-state index contributed by atoms with van der Waals surface area (Å²) in [4.78, 5) is 11.2. The molecule has 0 amide bonds. The van der Waals surface area contributed by atoms with E-state index < -0.39 is 12.1 Å². The minimum atomic E-state index is -0.714. The van der Waals surface area contributed by atoms with Crippen molar-refractivity contribution in [1.29, 1.82) is 0 Å². The normalized spacial score (nSPS) is 12.2. The van der Waals surface area contributed by atoms with Crippen LogP contribution in [0.2, 0.25) is 0 Å². The predicted molar refractivity (Wildman–Crippen MR) is 58.2 cm³/mol. The number of ether oxygens (including phenoxy) is 1. The van der Waals surface area contributed by atoms with Gasteiger partial charge in [-0.2, -0.15) is 0 Å². The number of benzene rings is 1. The third-order valence-corrected chi connectivity index (χ3v) is 2.57. The van der Waals surface area contributed by atoms with Crippen LogP contribution in [0.3, 0.4) is 0 Å². The number of aromatic hydroxyl groups is 1. The molecule has 0 aromatic heterocycles. The lowest BCUT2D eigenvalue weighted by molar-refractivity contribution is 0.0597. The Bertz CT molecular complexity index is 364. The highest BCUT2D eigenvalue weighted by Gasteiger charge is 2.14. The topological polar surface area (TPSA) is 66.8 Å². The smallest absolute Gasteiger partial charge is 0.341 e. The molecule has 0 fully saturated rings. The van der Waals surface area contributed by atoms with Crippen LogP contribution in [0.1, 0.15) is 22.0 Å². The summed E-state index contributed by atoms with van der Waals surface area (Å²) in [7, 11) is 1.23. The molecule has 0 aliphatic heterocycles. The average molecular weight is 275 g/mol. The van der Waals surface area contributed by atoms with E-state index in [1.807, 2.05) is 0 Å². The molecule has 4 nitrogen and oxygen atoms in total. The van der Waals surface area contributed by atoms with Gasteiger partial charge in [-0.25, -0.2) is 4.79 Å².